The predicted molar refractivity (Wildman–Crippen MR) is 55.3 cm³/mol. The normalized spacial score (nSPS) is 11.7. The molecule has 0 spiro atoms. The molecule has 0 aliphatic rings. The van der Waals surface area contributed by atoms with Crippen molar-refractivity contribution in [2.24, 2.45) is 0 Å². The van der Waals surface area contributed by atoms with Crippen molar-refractivity contribution >= 4 is 9.84 Å². The fourth-order valence-electron chi connectivity index (χ4n) is 1.05. The van der Waals surface area contributed by atoms with E-state index in [1.807, 2.05) is 0 Å². The minimum atomic E-state index is -3.19. The van der Waals surface area contributed by atoms with Crippen molar-refractivity contribution in [2.75, 3.05) is 7.11 Å². The summed E-state index contributed by atoms with van der Waals surface area (Å²) < 4.78 is 28.5. The summed E-state index contributed by atoms with van der Waals surface area (Å²) in [6, 6.07) is 6.51. The average molecular weight is 214 g/mol. The summed E-state index contributed by atoms with van der Waals surface area (Å²) in [4.78, 5) is 0.312. The number of rotatable bonds is 3. The van der Waals surface area contributed by atoms with Gasteiger partial charge in [-0.25, -0.2) is 8.42 Å². The van der Waals surface area contributed by atoms with E-state index in [2.05, 4.69) is 0 Å². The molecule has 0 amide bonds. The van der Waals surface area contributed by atoms with Gasteiger partial charge < -0.3 is 4.74 Å². The Morgan fingerprint density at radius 2 is 1.93 bits per heavy atom. The fourth-order valence-corrected chi connectivity index (χ4v) is 2.14. The Morgan fingerprint density at radius 1 is 1.29 bits per heavy atom. The SMILES string of the molecule is COc1cccc(S(=O)(=O)C(C)C)c1. The van der Waals surface area contributed by atoms with Crippen LogP contribution >= 0.6 is 0 Å². The first-order valence-electron chi connectivity index (χ1n) is 4.36. The molecule has 4 heteroatoms. The van der Waals surface area contributed by atoms with Gasteiger partial charge in [0.05, 0.1) is 17.3 Å². The van der Waals surface area contributed by atoms with Gasteiger partial charge in [-0.2, -0.15) is 0 Å². The van der Waals surface area contributed by atoms with E-state index in [4.69, 9.17) is 4.74 Å². The Morgan fingerprint density at radius 3 is 2.43 bits per heavy atom. The number of hydrogen-bond donors (Lipinski definition) is 0. The minimum Gasteiger partial charge on any atom is -0.497 e. The molecule has 0 heterocycles. The maximum absolute atomic E-state index is 11.7. The molecule has 3 nitrogen and oxygen atoms in total. The second-order valence-corrected chi connectivity index (χ2v) is 5.78. The van der Waals surface area contributed by atoms with Crippen LogP contribution in [0.3, 0.4) is 0 Å². The van der Waals surface area contributed by atoms with Gasteiger partial charge in [0.2, 0.25) is 0 Å². The molecule has 0 unspecified atom stereocenters. The van der Waals surface area contributed by atoms with Gasteiger partial charge in [0.25, 0.3) is 0 Å². The van der Waals surface area contributed by atoms with E-state index in [-0.39, 0.29) is 0 Å². The van der Waals surface area contributed by atoms with Crippen molar-refractivity contribution in [1.82, 2.24) is 0 Å². The van der Waals surface area contributed by atoms with E-state index in [9.17, 15) is 8.42 Å². The molecule has 1 aromatic rings. The first-order valence-corrected chi connectivity index (χ1v) is 5.91. The summed E-state index contributed by atoms with van der Waals surface area (Å²) in [6.07, 6.45) is 0. The molecule has 1 rings (SSSR count). The van der Waals surface area contributed by atoms with Crippen molar-refractivity contribution in [3.63, 3.8) is 0 Å². The lowest BCUT2D eigenvalue weighted by Crippen LogP contribution is -2.13. The van der Waals surface area contributed by atoms with Crippen molar-refractivity contribution in [3.8, 4) is 5.75 Å². The number of benzene rings is 1. The van der Waals surface area contributed by atoms with Gasteiger partial charge in [-0.05, 0) is 32.0 Å². The van der Waals surface area contributed by atoms with Gasteiger partial charge in [0.1, 0.15) is 5.75 Å². The van der Waals surface area contributed by atoms with Crippen LogP contribution in [0.4, 0.5) is 0 Å². The molecule has 0 atom stereocenters. The molecular weight excluding hydrogens is 200 g/mol. The second kappa shape index (κ2) is 4.00. The maximum atomic E-state index is 11.7. The van der Waals surface area contributed by atoms with Crippen molar-refractivity contribution in [2.45, 2.75) is 24.0 Å². The first-order chi connectivity index (χ1) is 6.48. The smallest absolute Gasteiger partial charge is 0.180 e. The van der Waals surface area contributed by atoms with Crippen LogP contribution < -0.4 is 4.74 Å². The Kier molecular flexibility index (Phi) is 3.16. The Hall–Kier alpha value is -1.03. The predicted octanol–water partition coefficient (Wildman–Crippen LogP) is 1.88. The summed E-state index contributed by atoms with van der Waals surface area (Å²) in [5.74, 6) is 0.562. The van der Waals surface area contributed by atoms with Gasteiger partial charge in [0, 0.05) is 0 Å². The molecular formula is C10H14O3S. The lowest BCUT2D eigenvalue weighted by Gasteiger charge is -2.08. The highest BCUT2D eigenvalue weighted by Gasteiger charge is 2.19. The average Bonchev–Trinajstić information content (AvgIpc) is 2.17. The van der Waals surface area contributed by atoms with Crippen molar-refractivity contribution < 1.29 is 13.2 Å². The highest BCUT2D eigenvalue weighted by Crippen LogP contribution is 2.20. The van der Waals surface area contributed by atoms with Gasteiger partial charge in [-0.3, -0.25) is 0 Å². The molecule has 0 fully saturated rings. The number of sulfone groups is 1. The summed E-state index contributed by atoms with van der Waals surface area (Å²) in [5.41, 5.74) is 0. The highest BCUT2D eigenvalue weighted by atomic mass is 32.2. The second-order valence-electron chi connectivity index (χ2n) is 3.27. The minimum absolute atomic E-state index is 0.312. The fraction of sp³-hybridized carbons (Fsp3) is 0.400. The van der Waals surface area contributed by atoms with Crippen LogP contribution in [0.2, 0.25) is 0 Å². The van der Waals surface area contributed by atoms with E-state index in [0.717, 1.165) is 0 Å². The topological polar surface area (TPSA) is 43.4 Å². The van der Waals surface area contributed by atoms with E-state index in [1.54, 1.807) is 32.0 Å². The molecule has 0 aliphatic carbocycles. The third-order valence-corrected chi connectivity index (χ3v) is 4.14. The Bertz CT molecular complexity index is 407. The summed E-state index contributed by atoms with van der Waals surface area (Å²) in [7, 11) is -1.67. The monoisotopic (exact) mass is 214 g/mol. The van der Waals surface area contributed by atoms with Gasteiger partial charge >= 0.3 is 0 Å². The van der Waals surface area contributed by atoms with Crippen LogP contribution in [0.15, 0.2) is 29.2 Å². The molecule has 1 aromatic carbocycles. The molecule has 0 saturated heterocycles. The van der Waals surface area contributed by atoms with Crippen molar-refractivity contribution in [3.05, 3.63) is 24.3 Å². The van der Waals surface area contributed by atoms with E-state index < -0.39 is 15.1 Å². The molecule has 0 saturated carbocycles. The van der Waals surface area contributed by atoms with Crippen molar-refractivity contribution in [1.29, 1.82) is 0 Å². The van der Waals surface area contributed by atoms with E-state index >= 15 is 0 Å². The zero-order valence-electron chi connectivity index (χ0n) is 8.52. The van der Waals surface area contributed by atoms with E-state index in [0.29, 0.717) is 10.6 Å². The van der Waals surface area contributed by atoms with Crippen LogP contribution in [0.5, 0.6) is 5.75 Å². The Labute approximate surface area is 84.6 Å². The quantitative estimate of drug-likeness (QED) is 0.771. The van der Waals surface area contributed by atoms with Crippen LogP contribution in [-0.4, -0.2) is 20.8 Å². The lowest BCUT2D eigenvalue weighted by molar-refractivity contribution is 0.413. The standard InChI is InChI=1S/C10H14O3S/c1-8(2)14(11,12)10-6-4-5-9(7-10)13-3/h4-8H,1-3H3. The molecule has 78 valence electrons. The van der Waals surface area contributed by atoms with Crippen LogP contribution in [-0.2, 0) is 9.84 Å². The third-order valence-electron chi connectivity index (χ3n) is 1.99. The zero-order valence-corrected chi connectivity index (χ0v) is 9.34. The summed E-state index contributed by atoms with van der Waals surface area (Å²) >= 11 is 0. The number of ether oxygens (including phenoxy) is 1. The van der Waals surface area contributed by atoms with Gasteiger partial charge in [-0.1, -0.05) is 6.07 Å². The molecule has 0 aromatic heterocycles. The molecule has 14 heavy (non-hydrogen) atoms. The highest BCUT2D eigenvalue weighted by molar-refractivity contribution is 7.92. The summed E-state index contributed by atoms with van der Waals surface area (Å²) in [6.45, 7) is 3.32. The molecule has 0 N–H and O–H groups in total. The lowest BCUT2D eigenvalue weighted by atomic mass is 10.3. The van der Waals surface area contributed by atoms with Gasteiger partial charge in [-0.15, -0.1) is 0 Å². The van der Waals surface area contributed by atoms with E-state index in [1.165, 1.54) is 13.2 Å². The number of methoxy groups -OCH3 is 1. The summed E-state index contributed by atoms with van der Waals surface area (Å²) in [5, 5.41) is -0.408. The molecule has 0 bridgehead atoms. The number of hydrogen-bond acceptors (Lipinski definition) is 3. The van der Waals surface area contributed by atoms with Crippen LogP contribution in [0, 0.1) is 0 Å². The third kappa shape index (κ3) is 2.07. The molecule has 0 radical (unpaired) electrons. The van der Waals surface area contributed by atoms with Crippen LogP contribution in [0.25, 0.3) is 0 Å². The largest absolute Gasteiger partial charge is 0.497 e. The first kappa shape index (κ1) is 11.0. The molecule has 0 aliphatic heterocycles. The zero-order chi connectivity index (χ0) is 10.8. The maximum Gasteiger partial charge on any atom is 0.180 e. The van der Waals surface area contributed by atoms with Crippen LogP contribution in [0.1, 0.15) is 13.8 Å². The Balaban J connectivity index is 3.20. The van der Waals surface area contributed by atoms with Gasteiger partial charge in [0.15, 0.2) is 9.84 Å².